The molecule has 7 nitrogen and oxygen atoms in total. The van der Waals surface area contributed by atoms with E-state index >= 15 is 0 Å². The second kappa shape index (κ2) is 5.81. The first-order valence-corrected chi connectivity index (χ1v) is 7.59. The molecule has 0 aromatic heterocycles. The van der Waals surface area contributed by atoms with Crippen molar-refractivity contribution < 1.29 is 20.1 Å². The van der Waals surface area contributed by atoms with Gasteiger partial charge in [0.05, 0.1) is 5.69 Å². The molecule has 0 bridgehead atoms. The molecule has 0 spiro atoms. The summed E-state index contributed by atoms with van der Waals surface area (Å²) in [5.41, 5.74) is 0.0200. The van der Waals surface area contributed by atoms with Crippen molar-refractivity contribution >= 4 is 11.7 Å². The molecule has 1 heterocycles. The van der Waals surface area contributed by atoms with Gasteiger partial charge in [0.1, 0.15) is 0 Å². The number of carbonyl (C=O) groups is 1. The molecule has 7 heteroatoms. The molecule has 23 heavy (non-hydrogen) atoms. The predicted octanol–water partition coefficient (Wildman–Crippen LogP) is 2.23. The molecule has 0 atom stereocenters. The molecule has 1 fully saturated rings. The number of nitrogens with one attached hydrogen (secondary N) is 3. The average Bonchev–Trinajstić information content (AvgIpc) is 2.31. The Labute approximate surface area is 135 Å². The van der Waals surface area contributed by atoms with Gasteiger partial charge in [-0.15, -0.1) is 0 Å². The number of benzene rings is 1. The van der Waals surface area contributed by atoms with Crippen molar-refractivity contribution in [3.63, 3.8) is 0 Å². The van der Waals surface area contributed by atoms with Gasteiger partial charge in [-0.2, -0.15) is 0 Å². The molecular formula is C16H25N3O4. The standard InChI is InChI=1S/C16H25N3O4/c1-15(2)7-10(8-16(3,4)19-15)18-14(23)17-9-5-11(20)13(22)12(21)6-9/h5-6,10,19-22H,7-8H2,1-4H3,(H2,17,18,23). The van der Waals surface area contributed by atoms with Gasteiger partial charge in [0.2, 0.25) is 0 Å². The molecule has 0 unspecified atom stereocenters. The van der Waals surface area contributed by atoms with E-state index < -0.39 is 23.3 Å². The van der Waals surface area contributed by atoms with Crippen LogP contribution >= 0.6 is 0 Å². The molecule has 2 rings (SSSR count). The number of hydrogen-bond donors (Lipinski definition) is 6. The Morgan fingerprint density at radius 2 is 1.57 bits per heavy atom. The van der Waals surface area contributed by atoms with Crippen molar-refractivity contribution in [3.05, 3.63) is 12.1 Å². The van der Waals surface area contributed by atoms with Crippen molar-refractivity contribution in [2.24, 2.45) is 0 Å². The fourth-order valence-corrected chi connectivity index (χ4v) is 3.45. The lowest BCUT2D eigenvalue weighted by molar-refractivity contribution is 0.149. The molecule has 128 valence electrons. The van der Waals surface area contributed by atoms with E-state index in [-0.39, 0.29) is 22.8 Å². The number of piperidine rings is 1. The Morgan fingerprint density at radius 3 is 2.04 bits per heavy atom. The van der Waals surface area contributed by atoms with Gasteiger partial charge in [0.25, 0.3) is 0 Å². The minimum absolute atomic E-state index is 0.000518. The van der Waals surface area contributed by atoms with Gasteiger partial charge < -0.3 is 31.3 Å². The number of anilines is 1. The summed E-state index contributed by atoms with van der Waals surface area (Å²) < 4.78 is 0. The highest BCUT2D eigenvalue weighted by molar-refractivity contribution is 5.90. The summed E-state index contributed by atoms with van der Waals surface area (Å²) in [5.74, 6) is -1.60. The van der Waals surface area contributed by atoms with Crippen LogP contribution in [0.5, 0.6) is 17.2 Å². The monoisotopic (exact) mass is 323 g/mol. The van der Waals surface area contributed by atoms with Crippen molar-refractivity contribution in [1.82, 2.24) is 10.6 Å². The maximum atomic E-state index is 12.1. The van der Waals surface area contributed by atoms with E-state index in [0.717, 1.165) is 12.8 Å². The van der Waals surface area contributed by atoms with Crippen LogP contribution in [-0.2, 0) is 0 Å². The smallest absolute Gasteiger partial charge is 0.319 e. The van der Waals surface area contributed by atoms with Gasteiger partial charge in [-0.3, -0.25) is 0 Å². The van der Waals surface area contributed by atoms with Crippen molar-refractivity contribution in [2.75, 3.05) is 5.32 Å². The first-order chi connectivity index (χ1) is 10.5. The third kappa shape index (κ3) is 4.41. The minimum atomic E-state index is -0.613. The Bertz CT molecular complexity index is 574. The lowest BCUT2D eigenvalue weighted by atomic mass is 9.80. The van der Waals surface area contributed by atoms with Gasteiger partial charge in [-0.05, 0) is 40.5 Å². The van der Waals surface area contributed by atoms with Crippen LogP contribution in [0, 0.1) is 0 Å². The van der Waals surface area contributed by atoms with Crippen LogP contribution in [-0.4, -0.2) is 38.5 Å². The summed E-state index contributed by atoms with van der Waals surface area (Å²) in [6.45, 7) is 8.38. The predicted molar refractivity (Wildman–Crippen MR) is 87.9 cm³/mol. The number of hydrogen-bond acceptors (Lipinski definition) is 5. The topological polar surface area (TPSA) is 114 Å². The Balaban J connectivity index is 2.02. The number of carbonyl (C=O) groups excluding carboxylic acids is 1. The zero-order valence-corrected chi connectivity index (χ0v) is 13.9. The number of phenolic OH excluding ortho intramolecular Hbond substituents is 3. The molecule has 0 saturated carbocycles. The first kappa shape index (κ1) is 17.2. The molecular weight excluding hydrogens is 298 g/mol. The summed E-state index contributed by atoms with van der Waals surface area (Å²) in [6, 6.07) is 1.92. The van der Waals surface area contributed by atoms with Gasteiger partial charge >= 0.3 is 6.03 Å². The Morgan fingerprint density at radius 1 is 1.09 bits per heavy atom. The van der Waals surface area contributed by atoms with E-state index in [0.29, 0.717) is 0 Å². The second-order valence-corrected chi connectivity index (χ2v) is 7.46. The number of aromatic hydroxyl groups is 3. The fraction of sp³-hybridized carbons (Fsp3) is 0.562. The molecule has 1 aliphatic heterocycles. The maximum absolute atomic E-state index is 12.1. The van der Waals surface area contributed by atoms with Crippen LogP contribution in [0.15, 0.2) is 12.1 Å². The highest BCUT2D eigenvalue weighted by Crippen LogP contribution is 2.37. The van der Waals surface area contributed by atoms with Gasteiger partial charge in [-0.1, -0.05) is 0 Å². The SMILES string of the molecule is CC1(C)CC(NC(=O)Nc2cc(O)c(O)c(O)c2)CC(C)(C)N1. The Kier molecular flexibility index (Phi) is 4.34. The summed E-state index contributed by atoms with van der Waals surface area (Å²) in [4.78, 5) is 12.1. The lowest BCUT2D eigenvalue weighted by Gasteiger charge is -2.46. The lowest BCUT2D eigenvalue weighted by Crippen LogP contribution is -2.62. The number of urea groups is 1. The largest absolute Gasteiger partial charge is 0.504 e. The summed E-state index contributed by atoms with van der Waals surface area (Å²) in [6.07, 6.45) is 1.58. The quantitative estimate of drug-likeness (QED) is 0.369. The molecule has 1 aliphatic rings. The highest BCUT2D eigenvalue weighted by atomic mass is 16.3. The fourth-order valence-electron chi connectivity index (χ4n) is 3.45. The number of amides is 2. The molecule has 1 saturated heterocycles. The van der Waals surface area contributed by atoms with E-state index in [4.69, 9.17) is 0 Å². The molecule has 0 aliphatic carbocycles. The normalized spacial score (nSPS) is 20.0. The van der Waals surface area contributed by atoms with Crippen LogP contribution < -0.4 is 16.0 Å². The third-order valence-electron chi connectivity index (χ3n) is 3.85. The van der Waals surface area contributed by atoms with Crippen LogP contribution in [0.4, 0.5) is 10.5 Å². The summed E-state index contributed by atoms with van der Waals surface area (Å²) in [7, 11) is 0. The van der Waals surface area contributed by atoms with Crippen LogP contribution in [0.2, 0.25) is 0 Å². The van der Waals surface area contributed by atoms with E-state index in [1.807, 2.05) is 0 Å². The molecule has 1 aromatic carbocycles. The summed E-state index contributed by atoms with van der Waals surface area (Å²) >= 11 is 0. The van der Waals surface area contributed by atoms with E-state index in [2.05, 4.69) is 43.6 Å². The van der Waals surface area contributed by atoms with Crippen LogP contribution in [0.3, 0.4) is 0 Å². The first-order valence-electron chi connectivity index (χ1n) is 7.59. The second-order valence-electron chi connectivity index (χ2n) is 7.46. The van der Waals surface area contributed by atoms with Crippen molar-refractivity contribution in [3.8, 4) is 17.2 Å². The minimum Gasteiger partial charge on any atom is -0.504 e. The van der Waals surface area contributed by atoms with E-state index in [1.54, 1.807) is 0 Å². The number of phenols is 3. The van der Waals surface area contributed by atoms with Crippen molar-refractivity contribution in [1.29, 1.82) is 0 Å². The van der Waals surface area contributed by atoms with Crippen molar-refractivity contribution in [2.45, 2.75) is 57.7 Å². The van der Waals surface area contributed by atoms with Gasteiger partial charge in [-0.25, -0.2) is 4.79 Å². The molecule has 6 N–H and O–H groups in total. The molecule has 0 radical (unpaired) electrons. The van der Waals surface area contributed by atoms with Crippen LogP contribution in [0.25, 0.3) is 0 Å². The third-order valence-corrected chi connectivity index (χ3v) is 3.85. The Hall–Kier alpha value is -2.15. The maximum Gasteiger partial charge on any atom is 0.319 e. The zero-order valence-electron chi connectivity index (χ0n) is 13.9. The van der Waals surface area contributed by atoms with Gasteiger partial charge in [0.15, 0.2) is 17.2 Å². The zero-order chi connectivity index (χ0) is 17.4. The molecule has 2 amide bonds. The average molecular weight is 323 g/mol. The van der Waals surface area contributed by atoms with Crippen LogP contribution in [0.1, 0.15) is 40.5 Å². The van der Waals surface area contributed by atoms with E-state index in [1.165, 1.54) is 12.1 Å². The van der Waals surface area contributed by atoms with Gasteiger partial charge in [0, 0.05) is 29.3 Å². The molecule has 1 aromatic rings. The number of rotatable bonds is 2. The summed E-state index contributed by atoms with van der Waals surface area (Å²) in [5, 5.41) is 37.2. The highest BCUT2D eigenvalue weighted by Gasteiger charge is 2.38. The van der Waals surface area contributed by atoms with E-state index in [9.17, 15) is 20.1 Å².